The molecule has 1 N–H and O–H groups in total. The molecule has 146 valence electrons. The molecule has 2 aromatic rings. The molecule has 1 heterocycles. The van der Waals surface area contributed by atoms with E-state index in [1.165, 1.54) is 30.7 Å². The Morgan fingerprint density at radius 2 is 1.86 bits per heavy atom. The molecule has 8 heteroatoms. The van der Waals surface area contributed by atoms with Crippen LogP contribution in [0.5, 0.6) is 0 Å². The number of hydrogen-bond donors (Lipinski definition) is 1. The van der Waals surface area contributed by atoms with Gasteiger partial charge in [0.15, 0.2) is 0 Å². The number of carbonyl (C=O) groups is 1. The molecule has 0 bridgehead atoms. The molecule has 1 aliphatic rings. The zero-order chi connectivity index (χ0) is 20.1. The van der Waals surface area contributed by atoms with Crippen molar-refractivity contribution >= 4 is 52.2 Å². The van der Waals surface area contributed by atoms with Crippen molar-refractivity contribution in [3.63, 3.8) is 0 Å². The van der Waals surface area contributed by atoms with Gasteiger partial charge in [-0.15, -0.1) is 0 Å². The number of rotatable bonds is 5. The van der Waals surface area contributed by atoms with E-state index in [2.05, 4.69) is 10.2 Å². The van der Waals surface area contributed by atoms with Gasteiger partial charge in [0.1, 0.15) is 5.02 Å². The number of para-hydroxylation sites is 1. The summed E-state index contributed by atoms with van der Waals surface area (Å²) in [5, 5.41) is 14.5. The Morgan fingerprint density at radius 1 is 1.11 bits per heavy atom. The predicted molar refractivity (Wildman–Crippen MR) is 113 cm³/mol. The van der Waals surface area contributed by atoms with Gasteiger partial charge in [-0.25, -0.2) is 0 Å². The maximum absolute atomic E-state index is 12.4. The quantitative estimate of drug-likeness (QED) is 0.391. The third-order valence-electron chi connectivity index (χ3n) is 4.51. The van der Waals surface area contributed by atoms with Crippen molar-refractivity contribution in [2.75, 3.05) is 23.3 Å². The summed E-state index contributed by atoms with van der Waals surface area (Å²) in [4.78, 5) is 25.0. The topological polar surface area (TPSA) is 75.5 Å². The van der Waals surface area contributed by atoms with Gasteiger partial charge in [-0.1, -0.05) is 35.3 Å². The summed E-state index contributed by atoms with van der Waals surface area (Å²) >= 11 is 12.2. The van der Waals surface area contributed by atoms with Crippen LogP contribution in [0.1, 0.15) is 24.8 Å². The average molecular weight is 420 g/mol. The van der Waals surface area contributed by atoms with Crippen molar-refractivity contribution in [3.8, 4) is 0 Å². The van der Waals surface area contributed by atoms with Gasteiger partial charge < -0.3 is 10.2 Å². The zero-order valence-corrected chi connectivity index (χ0v) is 16.5. The van der Waals surface area contributed by atoms with Gasteiger partial charge in [0.05, 0.1) is 21.3 Å². The van der Waals surface area contributed by atoms with E-state index in [9.17, 15) is 14.9 Å². The highest BCUT2D eigenvalue weighted by Gasteiger charge is 2.18. The number of carbonyl (C=O) groups excluding carboxylic acids is 1. The van der Waals surface area contributed by atoms with Gasteiger partial charge in [0, 0.05) is 25.2 Å². The maximum atomic E-state index is 12.4. The van der Waals surface area contributed by atoms with E-state index in [1.54, 1.807) is 12.1 Å². The van der Waals surface area contributed by atoms with Crippen molar-refractivity contribution in [2.45, 2.75) is 19.3 Å². The molecule has 2 aromatic carbocycles. The molecule has 0 radical (unpaired) electrons. The van der Waals surface area contributed by atoms with Crippen molar-refractivity contribution in [3.05, 3.63) is 68.2 Å². The van der Waals surface area contributed by atoms with Crippen LogP contribution in [-0.4, -0.2) is 23.9 Å². The fourth-order valence-corrected chi connectivity index (χ4v) is 3.66. The minimum atomic E-state index is -0.559. The molecule has 0 aliphatic carbocycles. The Balaban J connectivity index is 1.77. The molecule has 0 unspecified atom stereocenters. The fraction of sp³-hybridized carbons (Fsp3) is 0.250. The van der Waals surface area contributed by atoms with Gasteiger partial charge in [0.25, 0.3) is 5.69 Å². The van der Waals surface area contributed by atoms with Gasteiger partial charge in [-0.2, -0.15) is 0 Å². The van der Waals surface area contributed by atoms with Crippen LogP contribution in [0.15, 0.2) is 42.5 Å². The van der Waals surface area contributed by atoms with E-state index in [0.29, 0.717) is 16.3 Å². The second-order valence-electron chi connectivity index (χ2n) is 6.47. The molecule has 3 rings (SSSR count). The first kappa shape index (κ1) is 20.2. The normalized spacial score (nSPS) is 14.3. The van der Waals surface area contributed by atoms with Crippen LogP contribution in [0.2, 0.25) is 10.0 Å². The first-order valence-electron chi connectivity index (χ1n) is 8.92. The van der Waals surface area contributed by atoms with Gasteiger partial charge >= 0.3 is 0 Å². The second kappa shape index (κ2) is 9.08. The summed E-state index contributed by atoms with van der Waals surface area (Å²) in [6.45, 7) is 1.80. The number of nitrogens with one attached hydrogen (secondary N) is 1. The van der Waals surface area contributed by atoms with E-state index in [4.69, 9.17) is 23.2 Å². The minimum Gasteiger partial charge on any atom is -0.369 e. The average Bonchev–Trinajstić information content (AvgIpc) is 2.68. The standard InChI is InChI=1S/C20H19Cl2N3O3/c21-15-9-7-14(13-18(15)25(27)28)8-10-19(26)23-17-6-4-5-16(22)20(17)24-11-2-1-3-12-24/h4-10,13H,1-3,11-12H2,(H,23,26)/b10-8+. The summed E-state index contributed by atoms with van der Waals surface area (Å²) < 4.78 is 0. The number of benzene rings is 2. The molecular weight excluding hydrogens is 401 g/mol. The Labute approximate surface area is 172 Å². The summed E-state index contributed by atoms with van der Waals surface area (Å²) in [7, 11) is 0. The smallest absolute Gasteiger partial charge is 0.288 e. The SMILES string of the molecule is O=C(/C=C/c1ccc(Cl)c([N+](=O)[O-])c1)Nc1cccc(Cl)c1N1CCCCC1. The molecule has 6 nitrogen and oxygen atoms in total. The van der Waals surface area contributed by atoms with Gasteiger partial charge in [0.2, 0.25) is 5.91 Å². The maximum Gasteiger partial charge on any atom is 0.288 e. The summed E-state index contributed by atoms with van der Waals surface area (Å²) in [5.74, 6) is -0.349. The first-order valence-corrected chi connectivity index (χ1v) is 9.68. The molecule has 1 saturated heterocycles. The molecule has 28 heavy (non-hydrogen) atoms. The van der Waals surface area contributed by atoms with E-state index in [-0.39, 0.29) is 16.6 Å². The lowest BCUT2D eigenvalue weighted by atomic mass is 10.1. The van der Waals surface area contributed by atoms with Gasteiger partial charge in [-0.3, -0.25) is 14.9 Å². The fourth-order valence-electron chi connectivity index (χ4n) is 3.17. The highest BCUT2D eigenvalue weighted by atomic mass is 35.5. The van der Waals surface area contributed by atoms with Crippen molar-refractivity contribution in [2.24, 2.45) is 0 Å². The molecule has 1 amide bonds. The number of anilines is 2. The number of nitro groups is 1. The molecule has 0 spiro atoms. The Hall–Kier alpha value is -2.57. The van der Waals surface area contributed by atoms with E-state index in [0.717, 1.165) is 31.6 Å². The number of amides is 1. The lowest BCUT2D eigenvalue weighted by Crippen LogP contribution is -2.30. The Bertz CT molecular complexity index is 925. The number of nitro benzene ring substituents is 1. The lowest BCUT2D eigenvalue weighted by Gasteiger charge is -2.31. The highest BCUT2D eigenvalue weighted by Crippen LogP contribution is 2.35. The summed E-state index contributed by atoms with van der Waals surface area (Å²) in [6.07, 6.45) is 6.21. The monoisotopic (exact) mass is 419 g/mol. The number of halogens is 2. The van der Waals surface area contributed by atoms with Crippen molar-refractivity contribution in [1.82, 2.24) is 0 Å². The van der Waals surface area contributed by atoms with Crippen LogP contribution in [0.4, 0.5) is 17.1 Å². The largest absolute Gasteiger partial charge is 0.369 e. The molecule has 0 atom stereocenters. The van der Waals surface area contributed by atoms with Crippen LogP contribution >= 0.6 is 23.2 Å². The van der Waals surface area contributed by atoms with Crippen LogP contribution in [-0.2, 0) is 4.79 Å². The molecule has 0 aromatic heterocycles. The second-order valence-corrected chi connectivity index (χ2v) is 7.29. The minimum absolute atomic E-state index is 0.0525. The summed E-state index contributed by atoms with van der Waals surface area (Å²) in [5.41, 5.74) is 1.78. The van der Waals surface area contributed by atoms with Crippen molar-refractivity contribution in [1.29, 1.82) is 0 Å². The molecule has 0 saturated carbocycles. The molecule has 1 fully saturated rings. The first-order chi connectivity index (χ1) is 13.5. The molecular formula is C20H19Cl2N3O3. The molecule has 1 aliphatic heterocycles. The van der Waals surface area contributed by atoms with E-state index >= 15 is 0 Å². The number of piperidine rings is 1. The third-order valence-corrected chi connectivity index (χ3v) is 5.14. The highest BCUT2D eigenvalue weighted by molar-refractivity contribution is 6.34. The van der Waals surface area contributed by atoms with Crippen LogP contribution in [0.25, 0.3) is 6.08 Å². The Morgan fingerprint density at radius 3 is 2.57 bits per heavy atom. The third kappa shape index (κ3) is 4.82. The van der Waals surface area contributed by atoms with Crippen LogP contribution < -0.4 is 10.2 Å². The summed E-state index contributed by atoms with van der Waals surface area (Å²) in [6, 6.07) is 9.78. The predicted octanol–water partition coefficient (Wildman–Crippen LogP) is 5.54. The van der Waals surface area contributed by atoms with E-state index in [1.807, 2.05) is 12.1 Å². The van der Waals surface area contributed by atoms with E-state index < -0.39 is 4.92 Å². The Kier molecular flexibility index (Phi) is 6.54. The zero-order valence-electron chi connectivity index (χ0n) is 15.0. The van der Waals surface area contributed by atoms with Crippen LogP contribution in [0.3, 0.4) is 0 Å². The van der Waals surface area contributed by atoms with Crippen LogP contribution in [0, 0.1) is 10.1 Å². The number of hydrogen-bond acceptors (Lipinski definition) is 4. The number of nitrogens with zero attached hydrogens (tertiary/aromatic N) is 2. The van der Waals surface area contributed by atoms with Gasteiger partial charge in [-0.05, 0) is 49.1 Å². The lowest BCUT2D eigenvalue weighted by molar-refractivity contribution is -0.384. The van der Waals surface area contributed by atoms with Crippen molar-refractivity contribution < 1.29 is 9.72 Å².